The van der Waals surface area contributed by atoms with E-state index >= 15 is 0 Å². The van der Waals surface area contributed by atoms with Gasteiger partial charge in [-0.2, -0.15) is 0 Å². The van der Waals surface area contributed by atoms with Gasteiger partial charge in [-0.25, -0.2) is 0 Å². The van der Waals surface area contributed by atoms with Crippen molar-refractivity contribution in [2.75, 3.05) is 0 Å². The fourth-order valence-corrected chi connectivity index (χ4v) is 0.354. The van der Waals surface area contributed by atoms with Gasteiger partial charge >= 0.3 is 0 Å². The second-order valence-electron chi connectivity index (χ2n) is 1.40. The lowest BCUT2D eigenvalue weighted by molar-refractivity contribution is 0.749. The SMILES string of the molecule is [2H]C(=S)NC(C)C. The quantitative estimate of drug-likeness (QED) is 0.497. The van der Waals surface area contributed by atoms with E-state index in [1.807, 2.05) is 13.8 Å². The van der Waals surface area contributed by atoms with E-state index in [-0.39, 0.29) is 5.47 Å². The number of rotatable bonds is 1. The molecule has 0 bridgehead atoms. The van der Waals surface area contributed by atoms with Gasteiger partial charge < -0.3 is 5.32 Å². The Labute approximate surface area is 45.1 Å². The molecule has 2 heteroatoms. The molecule has 0 aromatic rings. The Bertz CT molecular complexity index is 72.1. The van der Waals surface area contributed by atoms with Gasteiger partial charge in [0.15, 0.2) is 0 Å². The van der Waals surface area contributed by atoms with E-state index in [1.54, 1.807) is 0 Å². The average molecular weight is 104 g/mol. The maximum atomic E-state index is 6.73. The Morgan fingerprint density at radius 3 is 2.50 bits per heavy atom. The fraction of sp³-hybridized carbons (Fsp3) is 0.750. The summed E-state index contributed by atoms with van der Waals surface area (Å²) in [6, 6.07) is 0.296. The maximum absolute atomic E-state index is 6.73. The van der Waals surface area contributed by atoms with Crippen LogP contribution in [0.25, 0.3) is 0 Å². The highest BCUT2D eigenvalue weighted by Gasteiger charge is 1.79. The fourth-order valence-electron chi connectivity index (χ4n) is 0.118. The van der Waals surface area contributed by atoms with Crippen LogP contribution in [0.5, 0.6) is 0 Å². The first-order chi connectivity index (χ1) is 3.13. The van der Waals surface area contributed by atoms with Crippen LogP contribution in [0.2, 0.25) is 0 Å². The third-order valence-corrected chi connectivity index (χ3v) is 0.465. The minimum absolute atomic E-state index is 0.120. The van der Waals surface area contributed by atoms with Crippen molar-refractivity contribution >= 4 is 17.7 Å². The van der Waals surface area contributed by atoms with Gasteiger partial charge in [-0.1, -0.05) is 12.2 Å². The average Bonchev–Trinajstić information content (AvgIpc) is 1.27. The molecule has 0 fully saturated rings. The van der Waals surface area contributed by atoms with E-state index in [0.717, 1.165) is 0 Å². The molecule has 36 valence electrons. The first-order valence-electron chi connectivity index (χ1n) is 2.40. The standard InChI is InChI=1S/C4H9NS/c1-4(2)5-3-6/h3-4H,1-2H3,(H,5,6)/i3D. The number of nitrogens with one attached hydrogen (secondary N) is 1. The molecule has 0 spiro atoms. The van der Waals surface area contributed by atoms with Gasteiger partial charge in [0, 0.05) is 6.04 Å². The summed E-state index contributed by atoms with van der Waals surface area (Å²) in [7, 11) is 0. The molecule has 1 nitrogen and oxygen atoms in total. The third-order valence-electron chi connectivity index (χ3n) is 0.348. The first-order valence-corrected chi connectivity index (χ1v) is 2.31. The summed E-state index contributed by atoms with van der Waals surface area (Å²) in [6.07, 6.45) is 0. The van der Waals surface area contributed by atoms with Crippen molar-refractivity contribution in [3.8, 4) is 0 Å². The second-order valence-corrected chi connectivity index (χ2v) is 1.61. The summed E-state index contributed by atoms with van der Waals surface area (Å²) < 4.78 is 6.73. The molecule has 0 atom stereocenters. The molecule has 0 aliphatic rings. The molecule has 0 amide bonds. The molecular weight excluding hydrogens is 94.1 g/mol. The van der Waals surface area contributed by atoms with Gasteiger partial charge in [0.25, 0.3) is 0 Å². The molecule has 0 heterocycles. The zero-order valence-corrected chi connectivity index (χ0v) is 4.80. The van der Waals surface area contributed by atoms with Crippen LogP contribution in [-0.4, -0.2) is 11.5 Å². The summed E-state index contributed by atoms with van der Waals surface area (Å²) in [6.45, 7) is 3.89. The van der Waals surface area contributed by atoms with E-state index < -0.39 is 0 Å². The molecule has 0 aliphatic heterocycles. The van der Waals surface area contributed by atoms with E-state index in [4.69, 9.17) is 1.37 Å². The Morgan fingerprint density at radius 2 is 2.50 bits per heavy atom. The minimum Gasteiger partial charge on any atom is -0.380 e. The molecule has 0 radical (unpaired) electrons. The molecule has 0 aromatic heterocycles. The summed E-state index contributed by atoms with van der Waals surface area (Å²) in [5, 5.41) is 2.70. The van der Waals surface area contributed by atoms with E-state index in [0.29, 0.717) is 6.04 Å². The maximum Gasteiger partial charge on any atom is 0.0942 e. The Kier molecular flexibility index (Phi) is 2.09. The Morgan fingerprint density at radius 1 is 2.00 bits per heavy atom. The van der Waals surface area contributed by atoms with Crippen LogP contribution >= 0.6 is 12.2 Å². The van der Waals surface area contributed by atoms with Crippen molar-refractivity contribution in [1.29, 1.82) is 0 Å². The number of hydrogen-bond donors (Lipinski definition) is 1. The molecule has 0 rings (SSSR count). The van der Waals surface area contributed by atoms with Gasteiger partial charge in [0.2, 0.25) is 0 Å². The predicted octanol–water partition coefficient (Wildman–Crippen LogP) is 0.942. The molecule has 0 saturated heterocycles. The summed E-state index contributed by atoms with van der Waals surface area (Å²) in [5.74, 6) is 0. The smallest absolute Gasteiger partial charge is 0.0942 e. The highest BCUT2D eigenvalue weighted by Crippen LogP contribution is 1.68. The van der Waals surface area contributed by atoms with Crippen LogP contribution in [0.4, 0.5) is 0 Å². The summed E-state index contributed by atoms with van der Waals surface area (Å²) >= 11 is 4.43. The molecule has 0 aliphatic carbocycles. The highest BCUT2D eigenvalue weighted by molar-refractivity contribution is 7.78. The molecule has 1 N–H and O–H groups in total. The first kappa shape index (κ1) is 4.06. The zero-order chi connectivity index (χ0) is 5.86. The van der Waals surface area contributed by atoms with Crippen LogP contribution in [0.15, 0.2) is 0 Å². The molecular formula is C4H9NS. The highest BCUT2D eigenvalue weighted by atomic mass is 32.1. The van der Waals surface area contributed by atoms with Crippen LogP contribution in [0.3, 0.4) is 0 Å². The lowest BCUT2D eigenvalue weighted by Crippen LogP contribution is -2.18. The molecule has 6 heavy (non-hydrogen) atoms. The monoisotopic (exact) mass is 104 g/mol. The predicted molar refractivity (Wildman–Crippen MR) is 31.9 cm³/mol. The third kappa shape index (κ3) is 3.89. The van der Waals surface area contributed by atoms with Gasteiger partial charge in [0.05, 0.1) is 6.84 Å². The number of thiocarbonyl (C=S) groups is 1. The lowest BCUT2D eigenvalue weighted by atomic mass is 10.4. The Hall–Kier alpha value is -0.110. The van der Waals surface area contributed by atoms with Gasteiger partial charge in [-0.05, 0) is 13.8 Å². The van der Waals surface area contributed by atoms with Gasteiger partial charge in [0.1, 0.15) is 0 Å². The normalized spacial score (nSPS) is 10.8. The van der Waals surface area contributed by atoms with Crippen molar-refractivity contribution in [3.05, 3.63) is 0 Å². The van der Waals surface area contributed by atoms with Crippen LogP contribution in [0, 0.1) is 0 Å². The summed E-state index contributed by atoms with van der Waals surface area (Å²) in [4.78, 5) is 0. The topological polar surface area (TPSA) is 12.0 Å². The van der Waals surface area contributed by atoms with Crippen LogP contribution < -0.4 is 5.32 Å². The molecule has 0 unspecified atom stereocenters. The van der Waals surface area contributed by atoms with Crippen molar-refractivity contribution in [2.24, 2.45) is 0 Å². The van der Waals surface area contributed by atoms with Crippen LogP contribution in [-0.2, 0) is 0 Å². The largest absolute Gasteiger partial charge is 0.380 e. The zero-order valence-electron chi connectivity index (χ0n) is 4.99. The van der Waals surface area contributed by atoms with Crippen LogP contribution in [0.1, 0.15) is 15.2 Å². The Balaban J connectivity index is 3.13. The summed E-state index contributed by atoms with van der Waals surface area (Å²) in [5.41, 5.74) is 0.120. The van der Waals surface area contributed by atoms with Crippen molar-refractivity contribution < 1.29 is 1.37 Å². The lowest BCUT2D eigenvalue weighted by Gasteiger charge is -1.98. The molecule has 0 aromatic carbocycles. The van der Waals surface area contributed by atoms with Gasteiger partial charge in [-0.15, -0.1) is 0 Å². The van der Waals surface area contributed by atoms with Crippen molar-refractivity contribution in [1.82, 2.24) is 5.32 Å². The minimum atomic E-state index is 0.120. The molecule has 0 saturated carbocycles. The van der Waals surface area contributed by atoms with Crippen molar-refractivity contribution in [2.45, 2.75) is 19.9 Å². The van der Waals surface area contributed by atoms with E-state index in [1.165, 1.54) is 0 Å². The second kappa shape index (κ2) is 3.09. The van der Waals surface area contributed by atoms with Gasteiger partial charge in [-0.3, -0.25) is 0 Å². The van der Waals surface area contributed by atoms with Crippen molar-refractivity contribution in [3.63, 3.8) is 0 Å². The number of hydrogen-bond acceptors (Lipinski definition) is 1. The van der Waals surface area contributed by atoms with E-state index in [2.05, 4.69) is 17.5 Å². The van der Waals surface area contributed by atoms with E-state index in [9.17, 15) is 0 Å².